The number of thiophene rings is 1. The molecule has 0 spiro atoms. The average molecular weight is 547 g/mol. The number of fused-ring (bicyclic) bond motifs is 2. The van der Waals surface area contributed by atoms with Crippen LogP contribution >= 0.6 is 11.3 Å². The first kappa shape index (κ1) is 24.9. The summed E-state index contributed by atoms with van der Waals surface area (Å²) in [5, 5.41) is 0. The van der Waals surface area contributed by atoms with Gasteiger partial charge in [-0.2, -0.15) is 0 Å². The van der Waals surface area contributed by atoms with Crippen LogP contribution in [0.25, 0.3) is 32.6 Å². The zero-order valence-corrected chi connectivity index (χ0v) is 22.2. The Labute approximate surface area is 226 Å². The van der Waals surface area contributed by atoms with Crippen molar-refractivity contribution in [1.82, 2.24) is 29.9 Å². The van der Waals surface area contributed by atoms with Gasteiger partial charge in [-0.1, -0.05) is 0 Å². The molecule has 5 heterocycles. The summed E-state index contributed by atoms with van der Waals surface area (Å²) >= 11 is 1.63. The van der Waals surface area contributed by atoms with Crippen LogP contribution in [-0.4, -0.2) is 75.8 Å². The molecule has 1 saturated heterocycles. The highest BCUT2D eigenvalue weighted by atomic mass is 32.1. The van der Waals surface area contributed by atoms with E-state index in [0.29, 0.717) is 49.2 Å². The summed E-state index contributed by atoms with van der Waals surface area (Å²) < 4.78 is 11.6. The number of imidazole rings is 1. The Hall–Kier alpha value is -4.36. The summed E-state index contributed by atoms with van der Waals surface area (Å²) in [6, 6.07) is 7.71. The number of aromatic amines is 2. The lowest BCUT2D eigenvalue weighted by molar-refractivity contribution is 0.0525. The molecule has 1 aliphatic heterocycles. The molecule has 1 aromatic carbocycles. The van der Waals surface area contributed by atoms with Gasteiger partial charge in [0.2, 0.25) is 5.95 Å². The van der Waals surface area contributed by atoms with Crippen molar-refractivity contribution in [2.75, 3.05) is 49.8 Å². The Balaban J connectivity index is 1.34. The van der Waals surface area contributed by atoms with Gasteiger partial charge < -0.3 is 29.2 Å². The number of aromatic nitrogens is 6. The quantitative estimate of drug-likeness (QED) is 0.293. The van der Waals surface area contributed by atoms with E-state index in [-0.39, 0.29) is 5.69 Å². The first-order chi connectivity index (χ1) is 19.0. The van der Waals surface area contributed by atoms with Crippen molar-refractivity contribution in [2.45, 2.75) is 13.5 Å². The molecule has 0 aliphatic carbocycles. The highest BCUT2D eigenvalue weighted by Crippen LogP contribution is 2.35. The molecule has 0 radical (unpaired) electrons. The molecule has 0 bridgehead atoms. The van der Waals surface area contributed by atoms with Gasteiger partial charge in [0.25, 0.3) is 0 Å². The van der Waals surface area contributed by atoms with Crippen molar-refractivity contribution in [3.8, 4) is 11.4 Å². The van der Waals surface area contributed by atoms with Crippen molar-refractivity contribution < 1.29 is 14.3 Å². The van der Waals surface area contributed by atoms with Crippen LogP contribution in [0, 0.1) is 0 Å². The van der Waals surface area contributed by atoms with Crippen LogP contribution in [0.5, 0.6) is 0 Å². The smallest absolute Gasteiger partial charge is 0.341 e. The Morgan fingerprint density at radius 2 is 1.90 bits per heavy atom. The number of anilines is 2. The summed E-state index contributed by atoms with van der Waals surface area (Å²) in [6.45, 7) is 5.35. The fraction of sp³-hybridized carbons (Fsp3) is 0.308. The number of rotatable bonds is 7. The van der Waals surface area contributed by atoms with Crippen LogP contribution in [0.15, 0.2) is 41.5 Å². The number of H-pyrrole nitrogens is 2. The molecule has 2 N–H and O–H groups in total. The number of nitrogens with zero attached hydrogens (tertiary/aromatic N) is 6. The number of benzene rings is 1. The minimum atomic E-state index is -0.441. The van der Waals surface area contributed by atoms with Crippen LogP contribution in [0.1, 0.15) is 22.2 Å². The van der Waals surface area contributed by atoms with E-state index in [1.807, 2.05) is 30.1 Å². The number of morpholine rings is 1. The first-order valence-corrected chi connectivity index (χ1v) is 13.4. The topological polar surface area (TPSA) is 142 Å². The number of hydrogen-bond acceptors (Lipinski definition) is 11. The second-order valence-electron chi connectivity index (χ2n) is 9.09. The minimum Gasteiger partial charge on any atom is -0.462 e. The zero-order chi connectivity index (χ0) is 26.9. The third-order valence-electron chi connectivity index (χ3n) is 6.37. The van der Waals surface area contributed by atoms with Gasteiger partial charge >= 0.3 is 11.7 Å². The molecule has 0 unspecified atom stereocenters. The third kappa shape index (κ3) is 5.05. The lowest BCUT2D eigenvalue weighted by Crippen LogP contribution is -2.36. The van der Waals surface area contributed by atoms with E-state index < -0.39 is 5.97 Å². The van der Waals surface area contributed by atoms with Crippen LogP contribution in [0.4, 0.5) is 11.8 Å². The Bertz CT molecular complexity index is 1710. The van der Waals surface area contributed by atoms with Crippen LogP contribution < -0.4 is 15.5 Å². The predicted octanol–water partition coefficient (Wildman–Crippen LogP) is 2.97. The van der Waals surface area contributed by atoms with Crippen molar-refractivity contribution >= 4 is 50.3 Å². The molecular formula is C26H26N8O4S. The van der Waals surface area contributed by atoms with Crippen molar-refractivity contribution in [1.29, 1.82) is 0 Å². The lowest BCUT2D eigenvalue weighted by atomic mass is 10.2. The molecule has 1 fully saturated rings. The molecule has 1 aliphatic rings. The van der Waals surface area contributed by atoms with E-state index in [1.165, 1.54) is 12.4 Å². The first-order valence-electron chi connectivity index (χ1n) is 12.5. The number of carbonyl (C=O) groups is 1. The number of esters is 1. The molecule has 4 aromatic heterocycles. The third-order valence-corrected chi connectivity index (χ3v) is 7.48. The van der Waals surface area contributed by atoms with Gasteiger partial charge in [-0.05, 0) is 31.2 Å². The molecule has 39 heavy (non-hydrogen) atoms. The number of carbonyl (C=O) groups excluding carboxylic acids is 1. The molecule has 13 heteroatoms. The maximum atomic E-state index is 11.9. The maximum Gasteiger partial charge on any atom is 0.341 e. The van der Waals surface area contributed by atoms with E-state index in [4.69, 9.17) is 19.4 Å². The van der Waals surface area contributed by atoms with E-state index >= 15 is 0 Å². The van der Waals surface area contributed by atoms with E-state index in [0.717, 1.165) is 45.1 Å². The summed E-state index contributed by atoms with van der Waals surface area (Å²) in [6.07, 6.45) is 2.95. The molecule has 6 rings (SSSR count). The molecule has 200 valence electrons. The normalized spacial score (nSPS) is 13.7. The summed E-state index contributed by atoms with van der Waals surface area (Å²) in [5.41, 5.74) is 3.16. The molecule has 0 atom stereocenters. The Morgan fingerprint density at radius 1 is 1.13 bits per heavy atom. The Morgan fingerprint density at radius 3 is 2.67 bits per heavy atom. The molecule has 0 saturated carbocycles. The average Bonchev–Trinajstić information content (AvgIpc) is 3.54. The fourth-order valence-corrected chi connectivity index (χ4v) is 5.64. The molecule has 5 aromatic rings. The largest absolute Gasteiger partial charge is 0.462 e. The van der Waals surface area contributed by atoms with Crippen molar-refractivity contribution in [2.24, 2.45) is 0 Å². The predicted molar refractivity (Wildman–Crippen MR) is 148 cm³/mol. The number of ether oxygens (including phenoxy) is 2. The van der Waals surface area contributed by atoms with Gasteiger partial charge in [0.15, 0.2) is 11.6 Å². The van der Waals surface area contributed by atoms with Crippen LogP contribution in [0.3, 0.4) is 0 Å². The SMILES string of the molecule is CCOC(=O)c1cnc(N(C)Cc2cc3nc(-c4ccc5[nH]c(=O)[nH]c5c4)nc(N4CCOCC4)c3s2)nc1. The second-order valence-corrected chi connectivity index (χ2v) is 10.2. The lowest BCUT2D eigenvalue weighted by Gasteiger charge is -2.28. The van der Waals surface area contributed by atoms with Crippen molar-refractivity contribution in [3.63, 3.8) is 0 Å². The number of hydrogen-bond donors (Lipinski definition) is 2. The van der Waals surface area contributed by atoms with Gasteiger partial charge in [0.1, 0.15) is 0 Å². The standard InChI is InChI=1S/C26H26N8O4S/c1-3-38-24(35)16-12-27-25(28-13-16)33(2)14-17-11-20-21(39-17)23(34-6-8-37-9-7-34)32-22(29-20)15-4-5-18-19(10-15)31-26(36)30-18/h4-5,10-13H,3,6-9,14H2,1-2H3,(H2,30,31,36). The Kier molecular flexibility index (Phi) is 6.67. The van der Waals surface area contributed by atoms with Gasteiger partial charge in [0, 0.05) is 43.0 Å². The summed E-state index contributed by atoms with van der Waals surface area (Å²) in [7, 11) is 1.90. The fourth-order valence-electron chi connectivity index (χ4n) is 4.48. The highest BCUT2D eigenvalue weighted by molar-refractivity contribution is 7.19. The monoisotopic (exact) mass is 546 g/mol. The highest BCUT2D eigenvalue weighted by Gasteiger charge is 2.21. The molecular weight excluding hydrogens is 520 g/mol. The number of nitrogens with one attached hydrogen (secondary N) is 2. The van der Waals surface area contributed by atoms with Crippen molar-refractivity contribution in [3.05, 3.63) is 57.6 Å². The van der Waals surface area contributed by atoms with Gasteiger partial charge in [-0.15, -0.1) is 11.3 Å². The summed E-state index contributed by atoms with van der Waals surface area (Å²) in [5.74, 6) is 1.51. The van der Waals surface area contributed by atoms with Crippen LogP contribution in [0.2, 0.25) is 0 Å². The second kappa shape index (κ2) is 10.4. The zero-order valence-electron chi connectivity index (χ0n) is 21.4. The van der Waals surface area contributed by atoms with Crippen LogP contribution in [-0.2, 0) is 16.0 Å². The maximum absolute atomic E-state index is 11.9. The van der Waals surface area contributed by atoms with Gasteiger partial charge in [-0.3, -0.25) is 0 Å². The van der Waals surface area contributed by atoms with Gasteiger partial charge in [0.05, 0.1) is 53.2 Å². The van der Waals surface area contributed by atoms with E-state index in [9.17, 15) is 9.59 Å². The molecule has 0 amide bonds. The summed E-state index contributed by atoms with van der Waals surface area (Å²) in [4.78, 5) is 53.0. The minimum absolute atomic E-state index is 0.251. The van der Waals surface area contributed by atoms with E-state index in [1.54, 1.807) is 18.3 Å². The molecule has 12 nitrogen and oxygen atoms in total. The van der Waals surface area contributed by atoms with E-state index in [2.05, 4.69) is 30.9 Å². The van der Waals surface area contributed by atoms with Gasteiger partial charge in [-0.25, -0.2) is 29.5 Å².